The molecular formula is C20H17ClFN3O. The second-order valence-corrected chi connectivity index (χ2v) is 6.65. The first-order valence-electron chi connectivity index (χ1n) is 8.50. The lowest BCUT2D eigenvalue weighted by Crippen LogP contribution is -2.28. The van der Waals surface area contributed by atoms with Crippen molar-refractivity contribution in [3.8, 4) is 0 Å². The number of carbonyl (C=O) groups is 1. The summed E-state index contributed by atoms with van der Waals surface area (Å²) in [5.74, 6) is -0.356. The van der Waals surface area contributed by atoms with Gasteiger partial charge in [0.25, 0.3) is 0 Å². The second-order valence-electron chi connectivity index (χ2n) is 6.29. The predicted octanol–water partition coefficient (Wildman–Crippen LogP) is 4.50. The van der Waals surface area contributed by atoms with E-state index in [4.69, 9.17) is 11.6 Å². The molecule has 26 heavy (non-hydrogen) atoms. The monoisotopic (exact) mass is 369 g/mol. The van der Waals surface area contributed by atoms with Gasteiger partial charge < -0.3 is 4.90 Å². The Morgan fingerprint density at radius 1 is 1.23 bits per heavy atom. The average molecular weight is 370 g/mol. The fraction of sp³-hybridized carbons (Fsp3) is 0.200. The Morgan fingerprint density at radius 2 is 2.04 bits per heavy atom. The summed E-state index contributed by atoms with van der Waals surface area (Å²) < 4.78 is 15.0. The zero-order valence-electron chi connectivity index (χ0n) is 14.0. The number of rotatable bonds is 3. The zero-order chi connectivity index (χ0) is 18.1. The summed E-state index contributed by atoms with van der Waals surface area (Å²) in [6, 6.07) is 12.0. The molecule has 1 amide bonds. The van der Waals surface area contributed by atoms with Gasteiger partial charge in [-0.25, -0.2) is 9.37 Å². The van der Waals surface area contributed by atoms with Crippen molar-refractivity contribution in [1.29, 1.82) is 0 Å². The van der Waals surface area contributed by atoms with Crippen molar-refractivity contribution in [1.82, 2.24) is 14.3 Å². The van der Waals surface area contributed by atoms with Gasteiger partial charge in [-0.1, -0.05) is 29.8 Å². The Bertz CT molecular complexity index is 980. The lowest BCUT2D eigenvalue weighted by molar-refractivity contribution is -0.126. The van der Waals surface area contributed by atoms with E-state index in [1.165, 1.54) is 18.2 Å². The van der Waals surface area contributed by atoms with Crippen LogP contribution < -0.4 is 0 Å². The quantitative estimate of drug-likeness (QED) is 0.637. The van der Waals surface area contributed by atoms with Crippen molar-refractivity contribution in [2.75, 3.05) is 6.54 Å². The summed E-state index contributed by atoms with van der Waals surface area (Å²) >= 11 is 6.21. The highest BCUT2D eigenvalue weighted by atomic mass is 35.5. The number of hydrogen-bond donors (Lipinski definition) is 0. The lowest BCUT2D eigenvalue weighted by Gasteiger charge is -2.23. The van der Waals surface area contributed by atoms with Crippen LogP contribution in [0.25, 0.3) is 11.7 Å². The van der Waals surface area contributed by atoms with Crippen molar-refractivity contribution >= 4 is 29.2 Å². The fourth-order valence-electron chi connectivity index (χ4n) is 3.44. The minimum absolute atomic E-state index is 0.0228. The molecule has 0 spiro atoms. The van der Waals surface area contributed by atoms with Crippen LogP contribution in [0.5, 0.6) is 0 Å². The van der Waals surface area contributed by atoms with Crippen LogP contribution in [0.2, 0.25) is 5.15 Å². The van der Waals surface area contributed by atoms with E-state index < -0.39 is 0 Å². The minimum atomic E-state index is -0.272. The Balaban J connectivity index is 1.57. The maximum absolute atomic E-state index is 13.2. The van der Waals surface area contributed by atoms with Crippen LogP contribution in [0.15, 0.2) is 54.7 Å². The van der Waals surface area contributed by atoms with E-state index in [1.807, 2.05) is 33.7 Å². The van der Waals surface area contributed by atoms with Gasteiger partial charge in [0, 0.05) is 18.8 Å². The largest absolute Gasteiger partial charge is 0.332 e. The molecule has 3 heterocycles. The number of nitrogens with zero attached hydrogens (tertiary/aromatic N) is 3. The van der Waals surface area contributed by atoms with E-state index in [0.717, 1.165) is 24.1 Å². The van der Waals surface area contributed by atoms with E-state index in [1.54, 1.807) is 18.2 Å². The summed E-state index contributed by atoms with van der Waals surface area (Å²) in [7, 11) is 0. The van der Waals surface area contributed by atoms with Crippen LogP contribution in [-0.2, 0) is 4.79 Å². The van der Waals surface area contributed by atoms with Gasteiger partial charge in [-0.15, -0.1) is 0 Å². The first-order chi connectivity index (χ1) is 12.6. The van der Waals surface area contributed by atoms with E-state index >= 15 is 0 Å². The van der Waals surface area contributed by atoms with E-state index in [9.17, 15) is 9.18 Å². The molecule has 0 saturated carbocycles. The molecule has 4 nitrogen and oxygen atoms in total. The predicted molar refractivity (Wildman–Crippen MR) is 99.3 cm³/mol. The molecule has 1 unspecified atom stereocenters. The Labute approximate surface area is 155 Å². The van der Waals surface area contributed by atoms with E-state index in [0.29, 0.717) is 17.4 Å². The maximum Gasteiger partial charge on any atom is 0.247 e. The van der Waals surface area contributed by atoms with Gasteiger partial charge in [0.2, 0.25) is 5.91 Å². The number of aromatic nitrogens is 2. The third-order valence-electron chi connectivity index (χ3n) is 4.70. The van der Waals surface area contributed by atoms with E-state index in [-0.39, 0.29) is 17.8 Å². The lowest BCUT2D eigenvalue weighted by atomic mass is 10.0. The highest BCUT2D eigenvalue weighted by molar-refractivity contribution is 6.31. The molecule has 2 aromatic heterocycles. The first-order valence-corrected chi connectivity index (χ1v) is 8.88. The molecule has 0 aliphatic carbocycles. The molecule has 6 heteroatoms. The van der Waals surface area contributed by atoms with Crippen LogP contribution in [0.4, 0.5) is 4.39 Å². The molecular weight excluding hydrogens is 353 g/mol. The van der Waals surface area contributed by atoms with Gasteiger partial charge in [-0.05, 0) is 48.7 Å². The van der Waals surface area contributed by atoms with Crippen LogP contribution in [0, 0.1) is 5.82 Å². The highest BCUT2D eigenvalue weighted by Gasteiger charge is 2.28. The van der Waals surface area contributed by atoms with Gasteiger partial charge in [-0.2, -0.15) is 0 Å². The van der Waals surface area contributed by atoms with Crippen molar-refractivity contribution in [3.05, 3.63) is 77.0 Å². The molecule has 1 fully saturated rings. The van der Waals surface area contributed by atoms with Crippen molar-refractivity contribution in [2.45, 2.75) is 18.9 Å². The molecule has 1 aromatic carbocycles. The molecule has 0 N–H and O–H groups in total. The average Bonchev–Trinajstić information content (AvgIpc) is 3.24. The van der Waals surface area contributed by atoms with Gasteiger partial charge in [-0.3, -0.25) is 9.20 Å². The van der Waals surface area contributed by atoms with Gasteiger partial charge in [0.05, 0.1) is 11.7 Å². The molecule has 3 aromatic rings. The summed E-state index contributed by atoms with van der Waals surface area (Å²) in [5, 5.41) is 0.358. The molecule has 4 rings (SSSR count). The van der Waals surface area contributed by atoms with Gasteiger partial charge >= 0.3 is 0 Å². The van der Waals surface area contributed by atoms with Crippen LogP contribution in [0.1, 0.15) is 30.1 Å². The molecule has 1 aliphatic heterocycles. The summed E-state index contributed by atoms with van der Waals surface area (Å²) in [4.78, 5) is 18.8. The number of imidazole rings is 1. The number of carbonyl (C=O) groups excluding carboxylic acids is 1. The first kappa shape index (κ1) is 16.8. The fourth-order valence-corrected chi connectivity index (χ4v) is 3.68. The van der Waals surface area contributed by atoms with Crippen LogP contribution in [-0.4, -0.2) is 26.7 Å². The van der Waals surface area contributed by atoms with Crippen molar-refractivity contribution in [3.63, 3.8) is 0 Å². The molecule has 0 bridgehead atoms. The number of fused-ring (bicyclic) bond motifs is 1. The molecule has 1 atom stereocenters. The van der Waals surface area contributed by atoms with Crippen LogP contribution >= 0.6 is 11.6 Å². The molecule has 0 radical (unpaired) electrons. The van der Waals surface area contributed by atoms with Crippen molar-refractivity contribution in [2.24, 2.45) is 0 Å². The number of pyridine rings is 1. The summed E-state index contributed by atoms with van der Waals surface area (Å²) in [6.07, 6.45) is 6.89. The molecule has 132 valence electrons. The van der Waals surface area contributed by atoms with Gasteiger partial charge in [0.1, 0.15) is 11.5 Å². The summed E-state index contributed by atoms with van der Waals surface area (Å²) in [6.45, 7) is 0.687. The van der Waals surface area contributed by atoms with Crippen molar-refractivity contribution < 1.29 is 9.18 Å². The molecule has 1 aliphatic rings. The third-order valence-corrected chi connectivity index (χ3v) is 4.97. The number of halogens is 2. The third kappa shape index (κ3) is 3.10. The second kappa shape index (κ2) is 6.92. The highest BCUT2D eigenvalue weighted by Crippen LogP contribution is 2.32. The number of amides is 1. The Kier molecular flexibility index (Phi) is 4.47. The minimum Gasteiger partial charge on any atom is -0.332 e. The number of hydrogen-bond acceptors (Lipinski definition) is 2. The standard InChI is InChI=1S/C20H17ClFN3O/c21-20-17(24-12-2-1-5-18(24)23-20)10-11-19(26)25-13-3-4-16(25)14-6-8-15(22)9-7-14/h1-2,5-12,16H,3-4,13H2/b11-10+. The number of benzene rings is 1. The van der Waals surface area contributed by atoms with Gasteiger partial charge in [0.15, 0.2) is 5.15 Å². The maximum atomic E-state index is 13.2. The van der Waals surface area contributed by atoms with E-state index in [2.05, 4.69) is 4.98 Å². The zero-order valence-corrected chi connectivity index (χ0v) is 14.7. The Morgan fingerprint density at radius 3 is 2.85 bits per heavy atom. The topological polar surface area (TPSA) is 37.6 Å². The molecule has 1 saturated heterocycles. The Hall–Kier alpha value is -2.66. The summed E-state index contributed by atoms with van der Waals surface area (Å²) in [5.41, 5.74) is 2.36. The SMILES string of the molecule is O=C(/C=C/c1c(Cl)nc2ccccn12)N1CCCC1c1ccc(F)cc1. The smallest absolute Gasteiger partial charge is 0.247 e. The number of likely N-dealkylation sites (tertiary alicyclic amines) is 1. The normalized spacial score (nSPS) is 17.5. The van der Waals surface area contributed by atoms with Crippen LogP contribution in [0.3, 0.4) is 0 Å².